The molecule has 0 aromatic heterocycles. The molecule has 1 amide bonds. The summed E-state index contributed by atoms with van der Waals surface area (Å²) in [6.45, 7) is 4.59. The van der Waals surface area contributed by atoms with Gasteiger partial charge < -0.3 is 5.32 Å². The number of anilines is 1. The number of amides is 1. The standard InChI is InChI=1S/C20H25ClN2O3S/c1-5-14-7-8-15(6-2)16(11-14)13-22-20(24)18-10-9-17(12-19(18)21)23(3)27(4,25)26/h7-12H,5-6,13H2,1-4H3,(H,22,24). The van der Waals surface area contributed by atoms with Crippen LogP contribution in [0.4, 0.5) is 5.69 Å². The van der Waals surface area contributed by atoms with Crippen LogP contribution in [-0.2, 0) is 29.4 Å². The molecule has 0 spiro atoms. The van der Waals surface area contributed by atoms with Crippen molar-refractivity contribution >= 4 is 33.2 Å². The third-order valence-corrected chi connectivity index (χ3v) is 6.08. The van der Waals surface area contributed by atoms with Crippen molar-refractivity contribution < 1.29 is 13.2 Å². The summed E-state index contributed by atoms with van der Waals surface area (Å²) in [6, 6.07) is 10.9. The Labute approximate surface area is 166 Å². The lowest BCUT2D eigenvalue weighted by Crippen LogP contribution is -2.26. The number of sulfonamides is 1. The number of hydrogen-bond donors (Lipinski definition) is 1. The molecule has 146 valence electrons. The Morgan fingerprint density at radius 2 is 1.78 bits per heavy atom. The maximum atomic E-state index is 12.5. The van der Waals surface area contributed by atoms with Gasteiger partial charge in [-0.3, -0.25) is 9.10 Å². The zero-order valence-electron chi connectivity index (χ0n) is 16.0. The minimum atomic E-state index is -3.39. The van der Waals surface area contributed by atoms with Gasteiger partial charge in [0, 0.05) is 13.6 Å². The molecule has 0 atom stereocenters. The van der Waals surface area contributed by atoms with E-state index < -0.39 is 10.0 Å². The molecule has 2 aromatic rings. The van der Waals surface area contributed by atoms with E-state index in [1.807, 2.05) is 0 Å². The number of benzene rings is 2. The molecule has 7 heteroatoms. The second-order valence-electron chi connectivity index (χ2n) is 6.39. The fourth-order valence-corrected chi connectivity index (χ4v) is 3.51. The van der Waals surface area contributed by atoms with E-state index in [0.29, 0.717) is 17.8 Å². The van der Waals surface area contributed by atoms with Crippen molar-refractivity contribution in [2.24, 2.45) is 0 Å². The highest BCUT2D eigenvalue weighted by molar-refractivity contribution is 7.92. The van der Waals surface area contributed by atoms with E-state index in [4.69, 9.17) is 11.6 Å². The number of carbonyl (C=O) groups is 1. The second kappa shape index (κ2) is 8.76. The number of nitrogens with one attached hydrogen (secondary N) is 1. The molecule has 5 nitrogen and oxygen atoms in total. The van der Waals surface area contributed by atoms with Gasteiger partial charge in [-0.2, -0.15) is 0 Å². The minimum absolute atomic E-state index is 0.207. The van der Waals surface area contributed by atoms with Gasteiger partial charge in [0.15, 0.2) is 0 Å². The van der Waals surface area contributed by atoms with Gasteiger partial charge >= 0.3 is 0 Å². The third-order valence-electron chi connectivity index (χ3n) is 4.56. The smallest absolute Gasteiger partial charge is 0.253 e. The lowest BCUT2D eigenvalue weighted by atomic mass is 10.0. The van der Waals surface area contributed by atoms with Gasteiger partial charge in [0.2, 0.25) is 10.0 Å². The molecule has 0 aliphatic rings. The fourth-order valence-electron chi connectivity index (χ4n) is 2.75. The van der Waals surface area contributed by atoms with Crippen molar-refractivity contribution in [2.75, 3.05) is 17.6 Å². The molecule has 0 bridgehead atoms. The lowest BCUT2D eigenvalue weighted by Gasteiger charge is -2.17. The summed E-state index contributed by atoms with van der Waals surface area (Å²) in [5.41, 5.74) is 4.23. The van der Waals surface area contributed by atoms with Crippen molar-refractivity contribution in [1.29, 1.82) is 0 Å². The van der Waals surface area contributed by atoms with Crippen LogP contribution in [0.2, 0.25) is 5.02 Å². The molecule has 0 saturated carbocycles. The fraction of sp³-hybridized carbons (Fsp3) is 0.350. The second-order valence-corrected chi connectivity index (χ2v) is 8.81. The Morgan fingerprint density at radius 1 is 1.07 bits per heavy atom. The van der Waals surface area contributed by atoms with Crippen molar-refractivity contribution in [3.05, 3.63) is 63.7 Å². The third kappa shape index (κ3) is 5.23. The van der Waals surface area contributed by atoms with Crippen LogP contribution >= 0.6 is 11.6 Å². The van der Waals surface area contributed by atoms with Crippen LogP contribution < -0.4 is 9.62 Å². The first kappa shape index (κ1) is 21.3. The molecule has 0 aliphatic heterocycles. The van der Waals surface area contributed by atoms with Crippen molar-refractivity contribution in [2.45, 2.75) is 33.2 Å². The molecular formula is C20H25ClN2O3S. The molecular weight excluding hydrogens is 384 g/mol. The highest BCUT2D eigenvalue weighted by Gasteiger charge is 2.16. The number of halogens is 1. The summed E-state index contributed by atoms with van der Waals surface area (Å²) >= 11 is 6.22. The largest absolute Gasteiger partial charge is 0.348 e. The Bertz CT molecular complexity index is 942. The van der Waals surface area contributed by atoms with Crippen LogP contribution in [-0.4, -0.2) is 27.6 Å². The Morgan fingerprint density at radius 3 is 2.33 bits per heavy atom. The van der Waals surface area contributed by atoms with Crippen LogP contribution in [0.5, 0.6) is 0 Å². The minimum Gasteiger partial charge on any atom is -0.348 e. The number of hydrogen-bond acceptors (Lipinski definition) is 3. The molecule has 0 fully saturated rings. The summed E-state index contributed by atoms with van der Waals surface area (Å²) in [7, 11) is -1.95. The molecule has 0 heterocycles. The highest BCUT2D eigenvalue weighted by Crippen LogP contribution is 2.24. The molecule has 0 radical (unpaired) electrons. The molecule has 0 unspecified atom stereocenters. The predicted octanol–water partition coefficient (Wildman–Crippen LogP) is 3.79. The monoisotopic (exact) mass is 408 g/mol. The molecule has 0 aliphatic carbocycles. The van der Waals surface area contributed by atoms with Gasteiger partial charge in [-0.1, -0.05) is 43.6 Å². The molecule has 0 saturated heterocycles. The first-order chi connectivity index (χ1) is 12.7. The van der Waals surface area contributed by atoms with Crippen LogP contribution in [0.25, 0.3) is 0 Å². The first-order valence-corrected chi connectivity index (χ1v) is 11.0. The van der Waals surface area contributed by atoms with Gasteiger partial charge in [0.05, 0.1) is 22.5 Å². The summed E-state index contributed by atoms with van der Waals surface area (Å²) in [5.74, 6) is -0.294. The maximum Gasteiger partial charge on any atom is 0.253 e. The lowest BCUT2D eigenvalue weighted by molar-refractivity contribution is 0.0951. The summed E-state index contributed by atoms with van der Waals surface area (Å²) in [4.78, 5) is 12.5. The Balaban J connectivity index is 2.17. The quantitative estimate of drug-likeness (QED) is 0.757. The van der Waals surface area contributed by atoms with Crippen LogP contribution in [0.15, 0.2) is 36.4 Å². The van der Waals surface area contributed by atoms with E-state index in [2.05, 4.69) is 37.4 Å². The maximum absolute atomic E-state index is 12.5. The zero-order valence-corrected chi connectivity index (χ0v) is 17.6. The zero-order chi connectivity index (χ0) is 20.2. The summed E-state index contributed by atoms with van der Waals surface area (Å²) in [6.07, 6.45) is 2.94. The number of aryl methyl sites for hydroxylation is 2. The van der Waals surface area contributed by atoms with E-state index in [1.165, 1.54) is 30.3 Å². The number of nitrogens with zero attached hydrogens (tertiary/aromatic N) is 1. The van der Waals surface area contributed by atoms with Crippen molar-refractivity contribution in [3.63, 3.8) is 0 Å². The van der Waals surface area contributed by atoms with Gasteiger partial charge in [-0.15, -0.1) is 0 Å². The normalized spacial score (nSPS) is 11.3. The van der Waals surface area contributed by atoms with Gasteiger partial charge in [-0.05, 0) is 47.7 Å². The number of carbonyl (C=O) groups excluding carboxylic acids is 1. The van der Waals surface area contributed by atoms with Crippen molar-refractivity contribution in [3.8, 4) is 0 Å². The predicted molar refractivity (Wildman–Crippen MR) is 111 cm³/mol. The molecule has 1 N–H and O–H groups in total. The average molecular weight is 409 g/mol. The van der Waals surface area contributed by atoms with Crippen LogP contribution in [0, 0.1) is 0 Å². The Hall–Kier alpha value is -2.05. The molecule has 27 heavy (non-hydrogen) atoms. The summed E-state index contributed by atoms with van der Waals surface area (Å²) < 4.78 is 24.4. The van der Waals surface area contributed by atoms with E-state index in [-0.39, 0.29) is 10.9 Å². The van der Waals surface area contributed by atoms with E-state index >= 15 is 0 Å². The van der Waals surface area contributed by atoms with Gasteiger partial charge in [0.1, 0.15) is 0 Å². The molecule has 2 aromatic carbocycles. The van der Waals surface area contributed by atoms with Crippen LogP contribution in [0.1, 0.15) is 40.9 Å². The van der Waals surface area contributed by atoms with Crippen molar-refractivity contribution in [1.82, 2.24) is 5.32 Å². The average Bonchev–Trinajstić information content (AvgIpc) is 2.64. The van der Waals surface area contributed by atoms with Gasteiger partial charge in [0.25, 0.3) is 5.91 Å². The van der Waals surface area contributed by atoms with E-state index in [1.54, 1.807) is 6.07 Å². The highest BCUT2D eigenvalue weighted by atomic mass is 35.5. The summed E-state index contributed by atoms with van der Waals surface area (Å²) in [5, 5.41) is 3.11. The Kier molecular flexibility index (Phi) is 6.89. The number of rotatable bonds is 7. The van der Waals surface area contributed by atoms with Gasteiger partial charge in [-0.25, -0.2) is 8.42 Å². The topological polar surface area (TPSA) is 66.5 Å². The first-order valence-electron chi connectivity index (χ1n) is 8.79. The van der Waals surface area contributed by atoms with E-state index in [0.717, 1.165) is 29.0 Å². The van der Waals surface area contributed by atoms with Crippen LogP contribution in [0.3, 0.4) is 0 Å². The van der Waals surface area contributed by atoms with E-state index in [9.17, 15) is 13.2 Å². The molecule has 2 rings (SSSR count). The SMILES string of the molecule is CCc1ccc(CC)c(CNC(=O)c2ccc(N(C)S(C)(=O)=O)cc2Cl)c1.